The highest BCUT2D eigenvalue weighted by Crippen LogP contribution is 2.34. The molecular weight excluding hydrogens is 577 g/mol. The molecule has 2 aliphatic rings. The van der Waals surface area contributed by atoms with Crippen molar-refractivity contribution in [2.75, 3.05) is 33.9 Å². The lowest BCUT2D eigenvalue weighted by atomic mass is 9.93. The Morgan fingerprint density at radius 2 is 1.61 bits per heavy atom. The molecule has 0 radical (unpaired) electrons. The third kappa shape index (κ3) is 8.96. The zero-order valence-corrected chi connectivity index (χ0v) is 24.8. The van der Waals surface area contributed by atoms with Crippen LogP contribution in [0.3, 0.4) is 0 Å². The highest BCUT2D eigenvalue weighted by atomic mass is 19.4. The number of nitrogens with zero attached hydrogens (tertiary/aromatic N) is 2. The van der Waals surface area contributed by atoms with Crippen molar-refractivity contribution < 1.29 is 42.1 Å². The molecule has 0 amide bonds. The molecule has 0 aliphatic carbocycles. The average Bonchev–Trinajstić information content (AvgIpc) is 3.50. The van der Waals surface area contributed by atoms with Crippen molar-refractivity contribution in [2.24, 2.45) is 0 Å². The van der Waals surface area contributed by atoms with Gasteiger partial charge in [0.1, 0.15) is 5.75 Å². The molecular formula is C33H37F3N2O6. The molecule has 4 rings (SSSR count). The number of halogens is 3. The molecule has 236 valence electrons. The molecule has 1 fully saturated rings. The second kappa shape index (κ2) is 15.1. The van der Waals surface area contributed by atoms with Crippen molar-refractivity contribution in [3.8, 4) is 5.75 Å². The molecule has 8 nitrogen and oxygen atoms in total. The Labute approximate surface area is 255 Å². The fourth-order valence-electron chi connectivity index (χ4n) is 5.42. The number of carbonyl (C=O) groups is 2. The zero-order chi connectivity index (χ0) is 31.7. The van der Waals surface area contributed by atoms with Crippen LogP contribution in [0, 0.1) is 0 Å². The van der Waals surface area contributed by atoms with Gasteiger partial charge in [0.05, 0.1) is 31.4 Å². The fraction of sp³-hybridized carbons (Fsp3) is 0.394. The molecule has 0 saturated carbocycles. The predicted octanol–water partition coefficient (Wildman–Crippen LogP) is 5.59. The van der Waals surface area contributed by atoms with Crippen LogP contribution in [0.2, 0.25) is 0 Å². The molecule has 11 heteroatoms. The third-order valence-electron chi connectivity index (χ3n) is 7.50. The van der Waals surface area contributed by atoms with Crippen molar-refractivity contribution in [2.45, 2.75) is 51.2 Å². The van der Waals surface area contributed by atoms with Crippen LogP contribution in [0.15, 0.2) is 83.6 Å². The van der Waals surface area contributed by atoms with Crippen molar-refractivity contribution >= 4 is 11.9 Å². The minimum absolute atomic E-state index is 0.0397. The summed E-state index contributed by atoms with van der Waals surface area (Å²) in [5.74, 6) is -1.93. The van der Waals surface area contributed by atoms with Gasteiger partial charge in [0, 0.05) is 25.9 Å². The maximum atomic E-state index is 13.1. The molecule has 2 heterocycles. The fourth-order valence-corrected chi connectivity index (χ4v) is 5.42. The van der Waals surface area contributed by atoms with E-state index in [0.29, 0.717) is 24.0 Å². The van der Waals surface area contributed by atoms with Gasteiger partial charge in [-0.25, -0.2) is 9.59 Å². The van der Waals surface area contributed by atoms with E-state index in [-0.39, 0.29) is 30.0 Å². The van der Waals surface area contributed by atoms with Crippen LogP contribution in [0.1, 0.15) is 48.4 Å². The Kier molecular flexibility index (Phi) is 11.2. The molecule has 1 atom stereocenters. The maximum Gasteiger partial charge on any atom is 0.573 e. The van der Waals surface area contributed by atoms with Crippen LogP contribution in [0.25, 0.3) is 0 Å². The number of aliphatic hydroxyl groups excluding tert-OH is 1. The van der Waals surface area contributed by atoms with Gasteiger partial charge >= 0.3 is 18.3 Å². The van der Waals surface area contributed by atoms with E-state index in [0.717, 1.165) is 30.8 Å². The molecule has 2 aliphatic heterocycles. The topological polar surface area (TPSA) is 88.5 Å². The van der Waals surface area contributed by atoms with Gasteiger partial charge in [-0.15, -0.1) is 13.2 Å². The summed E-state index contributed by atoms with van der Waals surface area (Å²) in [5, 5.41) is 9.57. The van der Waals surface area contributed by atoms with Gasteiger partial charge in [-0.3, -0.25) is 4.90 Å². The third-order valence-corrected chi connectivity index (χ3v) is 7.50. The van der Waals surface area contributed by atoms with Gasteiger partial charge in [0.2, 0.25) is 0 Å². The SMILES string of the molecule is COC(=O)C1=CC(CCCO)=CC(c2ccc(CN3CCCC3)cc2)N(Cc2cccc(OC(F)(F)F)c2)C=C1C(=O)OC. The van der Waals surface area contributed by atoms with Crippen molar-refractivity contribution in [1.82, 2.24) is 9.80 Å². The summed E-state index contributed by atoms with van der Waals surface area (Å²) in [5.41, 5.74) is 3.02. The summed E-state index contributed by atoms with van der Waals surface area (Å²) < 4.78 is 53.1. The summed E-state index contributed by atoms with van der Waals surface area (Å²) >= 11 is 0. The Hall–Kier alpha value is -4.09. The average molecular weight is 615 g/mol. The van der Waals surface area contributed by atoms with Crippen LogP contribution in [-0.2, 0) is 32.2 Å². The largest absolute Gasteiger partial charge is 0.573 e. The Morgan fingerprint density at radius 3 is 2.25 bits per heavy atom. The van der Waals surface area contributed by atoms with Gasteiger partial charge in [-0.2, -0.15) is 0 Å². The number of alkyl halides is 3. The number of carbonyl (C=O) groups excluding carboxylic acids is 2. The van der Waals surface area contributed by atoms with Crippen LogP contribution in [-0.4, -0.2) is 67.1 Å². The highest BCUT2D eigenvalue weighted by Gasteiger charge is 2.32. The normalized spacial score (nSPS) is 17.6. The molecule has 1 unspecified atom stereocenters. The number of rotatable bonds is 11. The number of hydrogen-bond acceptors (Lipinski definition) is 8. The van der Waals surface area contributed by atoms with Gasteiger partial charge < -0.3 is 24.2 Å². The smallest absolute Gasteiger partial charge is 0.465 e. The molecule has 2 aromatic rings. The number of allylic oxidation sites excluding steroid dienone is 2. The van der Waals surface area contributed by atoms with Gasteiger partial charge in [0.25, 0.3) is 0 Å². The lowest BCUT2D eigenvalue weighted by Crippen LogP contribution is -2.27. The molecule has 2 aromatic carbocycles. The number of methoxy groups -OCH3 is 2. The number of benzene rings is 2. The summed E-state index contributed by atoms with van der Waals surface area (Å²) in [6.07, 6.45) is 3.26. The maximum absolute atomic E-state index is 13.1. The van der Waals surface area contributed by atoms with Gasteiger partial charge in [0.15, 0.2) is 0 Å². The molecule has 44 heavy (non-hydrogen) atoms. The minimum atomic E-state index is -4.86. The van der Waals surface area contributed by atoms with E-state index in [9.17, 15) is 27.9 Å². The summed E-state index contributed by atoms with van der Waals surface area (Å²) in [7, 11) is 2.39. The van der Waals surface area contributed by atoms with E-state index in [1.165, 1.54) is 51.5 Å². The Bertz CT molecular complexity index is 1390. The molecule has 0 spiro atoms. The number of ether oxygens (including phenoxy) is 3. The Balaban J connectivity index is 1.83. The Morgan fingerprint density at radius 1 is 0.932 bits per heavy atom. The van der Waals surface area contributed by atoms with E-state index in [4.69, 9.17) is 9.47 Å². The van der Waals surface area contributed by atoms with E-state index < -0.39 is 24.3 Å². The van der Waals surface area contributed by atoms with Gasteiger partial charge in [-0.05, 0) is 79.2 Å². The number of likely N-dealkylation sites (tertiary alicyclic amines) is 1. The number of esters is 2. The van der Waals surface area contributed by atoms with E-state index in [1.54, 1.807) is 17.0 Å². The first-order valence-corrected chi connectivity index (χ1v) is 14.4. The summed E-state index contributed by atoms with van der Waals surface area (Å²) in [6, 6.07) is 13.2. The molecule has 1 N–H and O–H groups in total. The van der Waals surface area contributed by atoms with Crippen LogP contribution in [0.4, 0.5) is 13.2 Å². The van der Waals surface area contributed by atoms with E-state index >= 15 is 0 Å². The van der Waals surface area contributed by atoms with Gasteiger partial charge in [-0.1, -0.05) is 42.5 Å². The first-order chi connectivity index (χ1) is 21.1. The number of aliphatic hydroxyl groups is 1. The lowest BCUT2D eigenvalue weighted by molar-refractivity contribution is -0.274. The van der Waals surface area contributed by atoms with Crippen LogP contribution in [0.5, 0.6) is 5.75 Å². The quantitative estimate of drug-likeness (QED) is 0.328. The molecule has 0 aromatic heterocycles. The lowest BCUT2D eigenvalue weighted by Gasteiger charge is -2.32. The monoisotopic (exact) mass is 614 g/mol. The second-order valence-corrected chi connectivity index (χ2v) is 10.7. The van der Waals surface area contributed by atoms with Crippen LogP contribution < -0.4 is 4.74 Å². The second-order valence-electron chi connectivity index (χ2n) is 10.7. The summed E-state index contributed by atoms with van der Waals surface area (Å²) in [4.78, 5) is 30.1. The first-order valence-electron chi connectivity index (χ1n) is 14.4. The zero-order valence-electron chi connectivity index (χ0n) is 24.8. The molecule has 0 bridgehead atoms. The minimum Gasteiger partial charge on any atom is -0.465 e. The standard InChI is InChI=1S/C33H37F3N2O6/c1-42-31(40)28-18-24(8-6-16-39)19-30(26-12-10-23(11-13-26)20-37-14-3-4-15-37)38(22-29(28)32(41)43-2)21-25-7-5-9-27(17-25)44-33(34,35)36/h5,7,9-13,17-19,22,30,39H,3-4,6,8,14-16,20-21H2,1-2H3. The van der Waals surface area contributed by atoms with Crippen molar-refractivity contribution in [3.63, 3.8) is 0 Å². The van der Waals surface area contributed by atoms with E-state index in [2.05, 4.69) is 9.64 Å². The van der Waals surface area contributed by atoms with E-state index in [1.807, 2.05) is 30.3 Å². The number of hydrogen-bond donors (Lipinski definition) is 1. The van der Waals surface area contributed by atoms with Crippen molar-refractivity contribution in [3.05, 3.63) is 100 Å². The summed E-state index contributed by atoms with van der Waals surface area (Å²) in [6.45, 7) is 2.90. The molecule has 1 saturated heterocycles. The van der Waals surface area contributed by atoms with Crippen molar-refractivity contribution in [1.29, 1.82) is 0 Å². The first kappa shape index (κ1) is 32.8. The predicted molar refractivity (Wildman–Crippen MR) is 157 cm³/mol. The van der Waals surface area contributed by atoms with Crippen LogP contribution >= 0.6 is 0 Å². The highest BCUT2D eigenvalue weighted by molar-refractivity contribution is 6.07.